The first kappa shape index (κ1) is 13.8. The van der Waals surface area contributed by atoms with Crippen molar-refractivity contribution in [2.24, 2.45) is 0 Å². The van der Waals surface area contributed by atoms with Crippen LogP contribution >= 0.6 is 0 Å². The van der Waals surface area contributed by atoms with Crippen molar-refractivity contribution in [1.29, 1.82) is 0 Å². The number of amides is 2. The summed E-state index contributed by atoms with van der Waals surface area (Å²) in [6.45, 7) is 1.47. The number of hydrogen-bond acceptors (Lipinski definition) is 5. The summed E-state index contributed by atoms with van der Waals surface area (Å²) >= 11 is 0. The lowest BCUT2D eigenvalue weighted by Gasteiger charge is -2.05. The smallest absolute Gasteiger partial charge is 0.325 e. The Morgan fingerprint density at radius 2 is 2.06 bits per heavy atom. The van der Waals surface area contributed by atoms with E-state index < -0.39 is 17.8 Å². The second-order valence-corrected chi connectivity index (χ2v) is 3.24. The zero-order chi connectivity index (χ0) is 13.4. The normalized spacial score (nSPS) is 9.61. The molecular weight excluding hydrogens is 240 g/mol. The van der Waals surface area contributed by atoms with Crippen LogP contribution in [0, 0.1) is 0 Å². The second kappa shape index (κ2) is 7.10. The van der Waals surface area contributed by atoms with Crippen LogP contribution in [0.5, 0.6) is 0 Å². The van der Waals surface area contributed by atoms with Crippen LogP contribution < -0.4 is 10.6 Å². The molecule has 18 heavy (non-hydrogen) atoms. The zero-order valence-corrected chi connectivity index (χ0v) is 9.89. The van der Waals surface area contributed by atoms with Crippen molar-refractivity contribution >= 4 is 17.8 Å². The number of nitrogens with one attached hydrogen (secondary N) is 2. The molecule has 1 rings (SSSR count). The van der Waals surface area contributed by atoms with Crippen LogP contribution in [-0.4, -0.2) is 37.5 Å². The van der Waals surface area contributed by atoms with Gasteiger partial charge in [-0.05, 0) is 19.1 Å². The Labute approximate surface area is 103 Å². The SMILES string of the molecule is CCOC(=O)CNC(=O)CNC(=O)c1ccco1. The minimum Gasteiger partial charge on any atom is -0.465 e. The molecule has 0 unspecified atom stereocenters. The molecule has 1 heterocycles. The Morgan fingerprint density at radius 3 is 2.67 bits per heavy atom. The van der Waals surface area contributed by atoms with Crippen molar-refractivity contribution in [3.63, 3.8) is 0 Å². The lowest BCUT2D eigenvalue weighted by molar-refractivity contribution is -0.143. The molecule has 1 aromatic heterocycles. The third kappa shape index (κ3) is 4.69. The Bertz CT molecular complexity index is 413. The van der Waals surface area contributed by atoms with Crippen molar-refractivity contribution in [3.05, 3.63) is 24.2 Å². The minimum absolute atomic E-state index is 0.119. The molecule has 0 aliphatic heterocycles. The van der Waals surface area contributed by atoms with E-state index in [1.54, 1.807) is 13.0 Å². The minimum atomic E-state index is -0.525. The van der Waals surface area contributed by atoms with Gasteiger partial charge in [-0.2, -0.15) is 0 Å². The van der Waals surface area contributed by atoms with Crippen LogP contribution in [0.2, 0.25) is 0 Å². The Balaban J connectivity index is 2.21. The van der Waals surface area contributed by atoms with Gasteiger partial charge in [0.05, 0.1) is 19.4 Å². The largest absolute Gasteiger partial charge is 0.465 e. The molecule has 98 valence electrons. The molecule has 0 fully saturated rings. The number of esters is 1. The van der Waals surface area contributed by atoms with Crippen LogP contribution in [0.15, 0.2) is 22.8 Å². The number of rotatable bonds is 6. The Morgan fingerprint density at radius 1 is 1.28 bits per heavy atom. The number of carbonyl (C=O) groups is 3. The molecule has 0 spiro atoms. The van der Waals surface area contributed by atoms with Gasteiger partial charge in [0.25, 0.3) is 5.91 Å². The lowest BCUT2D eigenvalue weighted by Crippen LogP contribution is -2.39. The first-order chi connectivity index (χ1) is 8.63. The predicted octanol–water partition coefficient (Wildman–Crippen LogP) is -0.311. The van der Waals surface area contributed by atoms with Gasteiger partial charge < -0.3 is 19.8 Å². The highest BCUT2D eigenvalue weighted by atomic mass is 16.5. The maximum absolute atomic E-state index is 11.4. The van der Waals surface area contributed by atoms with E-state index in [-0.39, 0.29) is 25.5 Å². The van der Waals surface area contributed by atoms with Crippen molar-refractivity contribution in [3.8, 4) is 0 Å². The van der Waals surface area contributed by atoms with Gasteiger partial charge in [0.1, 0.15) is 6.54 Å². The van der Waals surface area contributed by atoms with E-state index in [1.165, 1.54) is 12.3 Å². The maximum atomic E-state index is 11.4. The fourth-order valence-corrected chi connectivity index (χ4v) is 1.10. The predicted molar refractivity (Wildman–Crippen MR) is 60.7 cm³/mol. The van der Waals surface area contributed by atoms with E-state index in [0.717, 1.165) is 0 Å². The zero-order valence-electron chi connectivity index (χ0n) is 9.89. The number of hydrogen-bond donors (Lipinski definition) is 2. The second-order valence-electron chi connectivity index (χ2n) is 3.24. The molecule has 2 N–H and O–H groups in total. The maximum Gasteiger partial charge on any atom is 0.325 e. The summed E-state index contributed by atoms with van der Waals surface area (Å²) in [6.07, 6.45) is 1.36. The van der Waals surface area contributed by atoms with Crippen molar-refractivity contribution < 1.29 is 23.5 Å². The molecular formula is C11H14N2O5. The average Bonchev–Trinajstić information content (AvgIpc) is 2.87. The molecule has 0 aromatic carbocycles. The topological polar surface area (TPSA) is 97.6 Å². The monoisotopic (exact) mass is 254 g/mol. The molecule has 7 heteroatoms. The van der Waals surface area contributed by atoms with Gasteiger partial charge in [-0.15, -0.1) is 0 Å². The molecule has 2 amide bonds. The summed E-state index contributed by atoms with van der Waals surface area (Å²) in [4.78, 5) is 33.6. The molecule has 0 saturated heterocycles. The standard InChI is InChI=1S/C11H14N2O5/c1-2-17-10(15)7-12-9(14)6-13-11(16)8-4-3-5-18-8/h3-5H,2,6-7H2,1H3,(H,12,14)(H,13,16). The van der Waals surface area contributed by atoms with Gasteiger partial charge in [0.15, 0.2) is 5.76 Å². The van der Waals surface area contributed by atoms with Gasteiger partial charge in [-0.1, -0.05) is 0 Å². The third-order valence-electron chi connectivity index (χ3n) is 1.89. The fraction of sp³-hybridized carbons (Fsp3) is 0.364. The van der Waals surface area contributed by atoms with E-state index in [2.05, 4.69) is 15.4 Å². The average molecular weight is 254 g/mol. The van der Waals surface area contributed by atoms with E-state index in [1.807, 2.05) is 0 Å². The molecule has 0 bridgehead atoms. The highest BCUT2D eigenvalue weighted by Gasteiger charge is 2.10. The summed E-state index contributed by atoms with van der Waals surface area (Å²) < 4.78 is 9.46. The Hall–Kier alpha value is -2.31. The third-order valence-corrected chi connectivity index (χ3v) is 1.89. The molecule has 0 radical (unpaired) electrons. The first-order valence-electron chi connectivity index (χ1n) is 5.37. The summed E-state index contributed by atoms with van der Waals surface area (Å²) in [5.41, 5.74) is 0. The van der Waals surface area contributed by atoms with Crippen molar-refractivity contribution in [1.82, 2.24) is 10.6 Å². The van der Waals surface area contributed by atoms with Crippen LogP contribution in [-0.2, 0) is 14.3 Å². The van der Waals surface area contributed by atoms with Gasteiger partial charge in [0, 0.05) is 0 Å². The van der Waals surface area contributed by atoms with E-state index in [0.29, 0.717) is 0 Å². The Kier molecular flexibility index (Phi) is 5.43. The van der Waals surface area contributed by atoms with E-state index in [4.69, 9.17) is 4.42 Å². The summed E-state index contributed by atoms with van der Waals surface area (Å²) in [7, 11) is 0. The molecule has 7 nitrogen and oxygen atoms in total. The summed E-state index contributed by atoms with van der Waals surface area (Å²) in [5, 5.41) is 4.65. The van der Waals surface area contributed by atoms with Gasteiger partial charge >= 0.3 is 5.97 Å². The van der Waals surface area contributed by atoms with Crippen LogP contribution in [0.25, 0.3) is 0 Å². The van der Waals surface area contributed by atoms with Gasteiger partial charge in [-0.25, -0.2) is 0 Å². The van der Waals surface area contributed by atoms with E-state index in [9.17, 15) is 14.4 Å². The van der Waals surface area contributed by atoms with Crippen LogP contribution in [0.1, 0.15) is 17.5 Å². The van der Waals surface area contributed by atoms with Crippen LogP contribution in [0.4, 0.5) is 0 Å². The molecule has 0 saturated carbocycles. The van der Waals surface area contributed by atoms with Gasteiger partial charge in [0.2, 0.25) is 5.91 Å². The fourth-order valence-electron chi connectivity index (χ4n) is 1.10. The quantitative estimate of drug-likeness (QED) is 0.678. The number of furan rings is 1. The highest BCUT2D eigenvalue weighted by molar-refractivity contribution is 5.94. The lowest BCUT2D eigenvalue weighted by atomic mass is 10.4. The van der Waals surface area contributed by atoms with E-state index >= 15 is 0 Å². The summed E-state index contributed by atoms with van der Waals surface area (Å²) in [5.74, 6) is -1.38. The molecule has 0 aliphatic carbocycles. The highest BCUT2D eigenvalue weighted by Crippen LogP contribution is 1.98. The number of carbonyl (C=O) groups excluding carboxylic acids is 3. The molecule has 0 atom stereocenters. The van der Waals surface area contributed by atoms with Crippen molar-refractivity contribution in [2.45, 2.75) is 6.92 Å². The molecule has 0 aliphatic rings. The van der Waals surface area contributed by atoms with Gasteiger partial charge in [-0.3, -0.25) is 14.4 Å². The first-order valence-corrected chi connectivity index (χ1v) is 5.37. The van der Waals surface area contributed by atoms with Crippen molar-refractivity contribution in [2.75, 3.05) is 19.7 Å². The number of ether oxygens (including phenoxy) is 1. The molecule has 1 aromatic rings. The summed E-state index contributed by atoms with van der Waals surface area (Å²) in [6, 6.07) is 3.04. The van der Waals surface area contributed by atoms with Crippen LogP contribution in [0.3, 0.4) is 0 Å².